The van der Waals surface area contributed by atoms with Crippen LogP contribution in [0.25, 0.3) is 0 Å². The molecule has 0 fully saturated rings. The Hall–Kier alpha value is -2.64. The minimum atomic E-state index is 0.468. The van der Waals surface area contributed by atoms with Crippen molar-refractivity contribution in [1.82, 2.24) is 10.7 Å². The summed E-state index contributed by atoms with van der Waals surface area (Å²) in [5, 5.41) is 7.27. The number of hydrogen-bond donors (Lipinski definition) is 2. The number of benzene rings is 2. The van der Waals surface area contributed by atoms with Crippen molar-refractivity contribution in [2.45, 2.75) is 6.92 Å². The van der Waals surface area contributed by atoms with E-state index in [1.807, 2.05) is 55.5 Å². The van der Waals surface area contributed by atoms with E-state index in [1.165, 1.54) is 5.56 Å². The fourth-order valence-electron chi connectivity index (χ4n) is 2.04. The summed E-state index contributed by atoms with van der Waals surface area (Å²) in [6, 6.07) is 15.6. The van der Waals surface area contributed by atoms with Gasteiger partial charge in [0.05, 0.1) is 19.4 Å². The van der Waals surface area contributed by atoms with E-state index in [0.29, 0.717) is 31.5 Å². The van der Waals surface area contributed by atoms with E-state index in [4.69, 9.17) is 26.4 Å². The van der Waals surface area contributed by atoms with Crippen molar-refractivity contribution < 1.29 is 14.2 Å². The first-order valence-corrected chi connectivity index (χ1v) is 9.09. The number of hydrazone groups is 1. The van der Waals surface area contributed by atoms with Crippen LogP contribution in [0.1, 0.15) is 11.1 Å². The fourth-order valence-corrected chi connectivity index (χ4v) is 2.10. The number of ether oxygens (including phenoxy) is 3. The quantitative estimate of drug-likeness (QED) is 0.283. The average molecular weight is 388 g/mol. The van der Waals surface area contributed by atoms with E-state index in [0.717, 1.165) is 17.1 Å². The highest BCUT2D eigenvalue weighted by Gasteiger charge is 1.96. The first-order valence-electron chi connectivity index (χ1n) is 8.68. The standard InChI is InChI=1S/C20H25N3O3S/c1-16-3-7-18(8-4-16)25-13-11-24-12-14-26-19-9-5-17(6-10-19)15-22-23-20(27)21-2/h3-10,15H,11-14H2,1-2H3,(H2,21,23,27)/b22-15+. The zero-order chi connectivity index (χ0) is 19.3. The van der Waals surface area contributed by atoms with Crippen LogP contribution in [-0.2, 0) is 4.74 Å². The molecule has 2 aromatic carbocycles. The molecule has 0 amide bonds. The molecule has 0 saturated heterocycles. The third kappa shape index (κ3) is 8.52. The van der Waals surface area contributed by atoms with E-state index in [9.17, 15) is 0 Å². The Labute approximate surface area is 165 Å². The van der Waals surface area contributed by atoms with Crippen LogP contribution in [0, 0.1) is 6.92 Å². The topological polar surface area (TPSA) is 64.1 Å². The molecule has 7 heteroatoms. The number of hydrogen-bond acceptors (Lipinski definition) is 5. The third-order valence-corrected chi connectivity index (χ3v) is 3.80. The smallest absolute Gasteiger partial charge is 0.186 e. The summed E-state index contributed by atoms with van der Waals surface area (Å²) < 4.78 is 16.8. The van der Waals surface area contributed by atoms with E-state index >= 15 is 0 Å². The zero-order valence-corrected chi connectivity index (χ0v) is 16.4. The van der Waals surface area contributed by atoms with Gasteiger partial charge in [-0.2, -0.15) is 5.10 Å². The maximum Gasteiger partial charge on any atom is 0.186 e. The van der Waals surface area contributed by atoms with Crippen molar-refractivity contribution in [3.63, 3.8) is 0 Å². The molecule has 0 aliphatic carbocycles. The molecule has 0 atom stereocenters. The largest absolute Gasteiger partial charge is 0.491 e. The molecule has 0 radical (unpaired) electrons. The lowest BCUT2D eigenvalue weighted by Gasteiger charge is -2.09. The second-order valence-corrected chi connectivity index (χ2v) is 6.05. The average Bonchev–Trinajstić information content (AvgIpc) is 2.69. The Kier molecular flexibility index (Phi) is 9.09. The van der Waals surface area contributed by atoms with Gasteiger partial charge in [0.2, 0.25) is 0 Å². The van der Waals surface area contributed by atoms with Crippen molar-refractivity contribution >= 4 is 23.5 Å². The van der Waals surface area contributed by atoms with Crippen LogP contribution in [0.3, 0.4) is 0 Å². The second kappa shape index (κ2) is 11.9. The highest BCUT2D eigenvalue weighted by atomic mass is 32.1. The molecule has 144 valence electrons. The van der Waals surface area contributed by atoms with Gasteiger partial charge < -0.3 is 19.5 Å². The van der Waals surface area contributed by atoms with Gasteiger partial charge in [0.1, 0.15) is 24.7 Å². The van der Waals surface area contributed by atoms with Crippen LogP contribution in [0.15, 0.2) is 53.6 Å². The summed E-state index contributed by atoms with van der Waals surface area (Å²) in [4.78, 5) is 0. The molecule has 2 aromatic rings. The van der Waals surface area contributed by atoms with Gasteiger partial charge in [-0.3, -0.25) is 5.43 Å². The Morgan fingerprint density at radius 3 is 2.04 bits per heavy atom. The highest BCUT2D eigenvalue weighted by molar-refractivity contribution is 7.80. The van der Waals surface area contributed by atoms with Crippen LogP contribution in [0.2, 0.25) is 0 Å². The van der Waals surface area contributed by atoms with E-state index in [2.05, 4.69) is 15.8 Å². The van der Waals surface area contributed by atoms with Crippen molar-refractivity contribution in [2.24, 2.45) is 5.10 Å². The molecule has 2 rings (SSSR count). The molecule has 0 heterocycles. The third-order valence-electron chi connectivity index (χ3n) is 3.50. The number of nitrogens with one attached hydrogen (secondary N) is 2. The maximum atomic E-state index is 5.64. The summed E-state index contributed by atoms with van der Waals surface area (Å²) in [6.07, 6.45) is 1.69. The molecule has 0 aromatic heterocycles. The van der Waals surface area contributed by atoms with Gasteiger partial charge in [-0.25, -0.2) is 0 Å². The van der Waals surface area contributed by atoms with Gasteiger partial charge in [0, 0.05) is 7.05 Å². The Bertz CT molecular complexity index is 718. The van der Waals surface area contributed by atoms with Crippen LogP contribution in [0.4, 0.5) is 0 Å². The van der Waals surface area contributed by atoms with Gasteiger partial charge in [0.25, 0.3) is 0 Å². The van der Waals surface area contributed by atoms with Crippen molar-refractivity contribution in [3.8, 4) is 11.5 Å². The lowest BCUT2D eigenvalue weighted by Crippen LogP contribution is -2.28. The van der Waals surface area contributed by atoms with Gasteiger partial charge in [-0.05, 0) is 61.1 Å². The van der Waals surface area contributed by atoms with Crippen LogP contribution < -0.4 is 20.2 Å². The molecule has 0 saturated carbocycles. The molecular formula is C20H25N3O3S. The van der Waals surface area contributed by atoms with Gasteiger partial charge in [0.15, 0.2) is 5.11 Å². The number of rotatable bonds is 10. The summed E-state index contributed by atoms with van der Waals surface area (Å²) in [5.41, 5.74) is 4.85. The van der Waals surface area contributed by atoms with Crippen LogP contribution in [0.5, 0.6) is 11.5 Å². The molecule has 0 spiro atoms. The van der Waals surface area contributed by atoms with Crippen LogP contribution in [-0.4, -0.2) is 44.8 Å². The molecule has 2 N–H and O–H groups in total. The molecule has 0 aliphatic rings. The Morgan fingerprint density at radius 1 is 0.926 bits per heavy atom. The predicted octanol–water partition coefficient (Wildman–Crippen LogP) is 2.90. The van der Waals surface area contributed by atoms with Crippen molar-refractivity contribution in [1.29, 1.82) is 0 Å². The lowest BCUT2D eigenvalue weighted by atomic mass is 10.2. The van der Waals surface area contributed by atoms with Gasteiger partial charge in [-0.1, -0.05) is 17.7 Å². The minimum absolute atomic E-state index is 0.468. The predicted molar refractivity (Wildman–Crippen MR) is 112 cm³/mol. The number of aryl methyl sites for hydroxylation is 1. The molecule has 27 heavy (non-hydrogen) atoms. The molecular weight excluding hydrogens is 362 g/mol. The second-order valence-electron chi connectivity index (χ2n) is 5.64. The summed E-state index contributed by atoms with van der Waals surface area (Å²) in [5.74, 6) is 1.64. The summed E-state index contributed by atoms with van der Waals surface area (Å²) in [6.45, 7) is 4.07. The monoisotopic (exact) mass is 387 g/mol. The van der Waals surface area contributed by atoms with Gasteiger partial charge in [-0.15, -0.1) is 0 Å². The van der Waals surface area contributed by atoms with E-state index in [1.54, 1.807) is 13.3 Å². The lowest BCUT2D eigenvalue weighted by molar-refractivity contribution is 0.0764. The van der Waals surface area contributed by atoms with Crippen molar-refractivity contribution in [3.05, 3.63) is 59.7 Å². The van der Waals surface area contributed by atoms with E-state index < -0.39 is 0 Å². The SMILES string of the molecule is CNC(=S)N/N=C/c1ccc(OCCOCCOc2ccc(C)cc2)cc1. The van der Waals surface area contributed by atoms with Crippen molar-refractivity contribution in [2.75, 3.05) is 33.5 Å². The molecule has 0 aliphatic heterocycles. The molecule has 0 bridgehead atoms. The first kappa shape index (κ1) is 20.7. The normalized spacial score (nSPS) is 10.6. The maximum absolute atomic E-state index is 5.64. The number of thiocarbonyl (C=S) groups is 1. The Morgan fingerprint density at radius 2 is 1.48 bits per heavy atom. The highest BCUT2D eigenvalue weighted by Crippen LogP contribution is 2.12. The van der Waals surface area contributed by atoms with E-state index in [-0.39, 0.29) is 0 Å². The first-order chi connectivity index (χ1) is 13.2. The van der Waals surface area contributed by atoms with Crippen LogP contribution >= 0.6 is 12.2 Å². The molecule has 6 nitrogen and oxygen atoms in total. The zero-order valence-electron chi connectivity index (χ0n) is 15.6. The summed E-state index contributed by atoms with van der Waals surface area (Å²) in [7, 11) is 1.73. The Balaban J connectivity index is 1.56. The fraction of sp³-hybridized carbons (Fsp3) is 0.300. The summed E-state index contributed by atoms with van der Waals surface area (Å²) >= 11 is 4.93. The minimum Gasteiger partial charge on any atom is -0.491 e. The molecule has 0 unspecified atom stereocenters. The van der Waals surface area contributed by atoms with Gasteiger partial charge >= 0.3 is 0 Å². The number of nitrogens with zero attached hydrogens (tertiary/aromatic N) is 1.